The summed E-state index contributed by atoms with van der Waals surface area (Å²) in [7, 11) is 1.65. The number of pyridine rings is 1. The van der Waals surface area contributed by atoms with Gasteiger partial charge < -0.3 is 19.5 Å². The highest BCUT2D eigenvalue weighted by molar-refractivity contribution is 6.05. The Kier molecular flexibility index (Phi) is 4.84. The molecule has 0 radical (unpaired) electrons. The molecule has 0 amide bonds. The number of ether oxygens (including phenoxy) is 1. The number of hydrogen-bond acceptors (Lipinski definition) is 4. The van der Waals surface area contributed by atoms with Crippen LogP contribution >= 0.6 is 0 Å². The zero-order valence-corrected chi connectivity index (χ0v) is 16.0. The standard InChI is InChI=1S/C23H22N2O3/c1-3-25-13-16(12-15-8-4-7-11-20(15)28-2)22-18(14-25)21(23(26)27)17-9-5-6-10-19(17)24-22/h4-12H,3,13-14H2,1-2H3,(H,26,27)/b16-12+. The highest BCUT2D eigenvalue weighted by atomic mass is 16.5. The fourth-order valence-electron chi connectivity index (χ4n) is 3.93. The number of hydrogen-bond donors (Lipinski definition) is 1. The van der Waals surface area contributed by atoms with Gasteiger partial charge in [-0.2, -0.15) is 0 Å². The maximum atomic E-state index is 12.1. The van der Waals surface area contributed by atoms with Crippen LogP contribution in [0.1, 0.15) is 34.1 Å². The van der Waals surface area contributed by atoms with Gasteiger partial charge in [0.05, 0.1) is 30.8 Å². The summed E-state index contributed by atoms with van der Waals surface area (Å²) < 4.78 is 5.48. The van der Waals surface area contributed by atoms with E-state index in [1.807, 2.05) is 42.5 Å². The van der Waals surface area contributed by atoms with E-state index in [0.29, 0.717) is 17.4 Å². The highest BCUT2D eigenvalue weighted by Gasteiger charge is 2.28. The van der Waals surface area contributed by atoms with Gasteiger partial charge in [-0.1, -0.05) is 36.4 Å². The molecule has 5 nitrogen and oxygen atoms in total. The van der Waals surface area contributed by atoms with E-state index in [2.05, 4.69) is 13.0 Å². The molecular weight excluding hydrogens is 352 g/mol. The van der Waals surface area contributed by atoms with Crippen LogP contribution in [0.2, 0.25) is 0 Å². The molecule has 1 atom stereocenters. The van der Waals surface area contributed by atoms with Crippen LogP contribution in [0.3, 0.4) is 0 Å². The van der Waals surface area contributed by atoms with Crippen molar-refractivity contribution in [3.63, 3.8) is 0 Å². The van der Waals surface area contributed by atoms with Crippen molar-refractivity contribution in [2.75, 3.05) is 20.2 Å². The summed E-state index contributed by atoms with van der Waals surface area (Å²) in [5.74, 6) is -0.370. The Morgan fingerprint density at radius 2 is 1.93 bits per heavy atom. The molecule has 0 spiro atoms. The van der Waals surface area contributed by atoms with E-state index in [1.165, 1.54) is 4.90 Å². The fraction of sp³-hybridized carbons (Fsp3) is 0.217. The molecule has 0 saturated heterocycles. The highest BCUT2D eigenvalue weighted by Crippen LogP contribution is 2.31. The first-order valence-electron chi connectivity index (χ1n) is 9.42. The minimum absolute atomic E-state index is 0.261. The van der Waals surface area contributed by atoms with Gasteiger partial charge >= 0.3 is 0 Å². The van der Waals surface area contributed by atoms with Crippen LogP contribution in [-0.2, 0) is 6.54 Å². The Morgan fingerprint density at radius 1 is 1.18 bits per heavy atom. The number of aromatic carboxylic acids is 1. The lowest BCUT2D eigenvalue weighted by atomic mass is 9.92. The smallest absolute Gasteiger partial charge is 0.126 e. The summed E-state index contributed by atoms with van der Waals surface area (Å²) in [6.07, 6.45) is 2.06. The van der Waals surface area contributed by atoms with Gasteiger partial charge in [-0.15, -0.1) is 0 Å². The first-order chi connectivity index (χ1) is 13.6. The lowest BCUT2D eigenvalue weighted by Gasteiger charge is -2.29. The number of carbonyl (C=O) groups is 1. The van der Waals surface area contributed by atoms with E-state index >= 15 is 0 Å². The molecule has 2 aromatic carbocycles. The second kappa shape index (κ2) is 7.44. The number of methoxy groups -OCH3 is 1. The van der Waals surface area contributed by atoms with Gasteiger partial charge in [0.15, 0.2) is 0 Å². The lowest BCUT2D eigenvalue weighted by molar-refractivity contribution is -0.905. The van der Waals surface area contributed by atoms with Crippen molar-refractivity contribution >= 4 is 28.5 Å². The summed E-state index contributed by atoms with van der Waals surface area (Å²) in [6.45, 7) is 4.39. The second-order valence-corrected chi connectivity index (χ2v) is 6.99. The van der Waals surface area contributed by atoms with Gasteiger partial charge in [0.2, 0.25) is 0 Å². The largest absolute Gasteiger partial charge is 0.545 e. The number of rotatable bonds is 4. The number of nitrogens with one attached hydrogen (secondary N) is 1. The molecule has 142 valence electrons. The number of quaternary nitrogens is 1. The Hall–Kier alpha value is -3.18. The molecule has 5 heteroatoms. The zero-order valence-electron chi connectivity index (χ0n) is 16.0. The second-order valence-electron chi connectivity index (χ2n) is 6.99. The van der Waals surface area contributed by atoms with Crippen molar-refractivity contribution in [2.24, 2.45) is 0 Å². The molecule has 2 heterocycles. The van der Waals surface area contributed by atoms with Crippen LogP contribution in [0.15, 0.2) is 48.5 Å². The Bertz CT molecular complexity index is 1090. The van der Waals surface area contributed by atoms with Gasteiger partial charge in [-0.3, -0.25) is 0 Å². The summed E-state index contributed by atoms with van der Waals surface area (Å²) in [5, 5.41) is 12.7. The van der Waals surface area contributed by atoms with Crippen molar-refractivity contribution < 1.29 is 19.5 Å². The Labute approximate surface area is 163 Å². The first kappa shape index (κ1) is 18.2. The normalized spacial score (nSPS) is 17.5. The third-order valence-corrected chi connectivity index (χ3v) is 5.34. The molecule has 1 aliphatic heterocycles. The average molecular weight is 374 g/mol. The van der Waals surface area contributed by atoms with Gasteiger partial charge in [0, 0.05) is 27.6 Å². The molecular formula is C23H22N2O3. The Balaban J connectivity index is 1.99. The molecule has 0 aliphatic carbocycles. The van der Waals surface area contributed by atoms with Crippen LogP contribution in [0.4, 0.5) is 0 Å². The zero-order chi connectivity index (χ0) is 19.7. The fourth-order valence-corrected chi connectivity index (χ4v) is 3.93. The minimum atomic E-state index is -1.15. The number of nitrogens with zero attached hydrogens (tertiary/aromatic N) is 1. The summed E-state index contributed by atoms with van der Waals surface area (Å²) >= 11 is 0. The summed E-state index contributed by atoms with van der Waals surface area (Å²) in [4.78, 5) is 18.2. The topological polar surface area (TPSA) is 66.7 Å². The summed E-state index contributed by atoms with van der Waals surface area (Å²) in [6, 6.07) is 15.2. The maximum Gasteiger partial charge on any atom is 0.126 e. The minimum Gasteiger partial charge on any atom is -0.545 e. The molecule has 0 bridgehead atoms. The number of fused-ring (bicyclic) bond motifs is 2. The maximum absolute atomic E-state index is 12.1. The van der Waals surface area contributed by atoms with E-state index < -0.39 is 5.97 Å². The molecule has 1 aliphatic rings. The molecule has 0 saturated carbocycles. The molecule has 0 fully saturated rings. The summed E-state index contributed by atoms with van der Waals surface area (Å²) in [5.41, 5.74) is 4.40. The van der Waals surface area contributed by atoms with Crippen LogP contribution in [0.25, 0.3) is 22.6 Å². The molecule has 1 aromatic heterocycles. The van der Waals surface area contributed by atoms with Crippen molar-refractivity contribution in [1.82, 2.24) is 4.98 Å². The molecule has 28 heavy (non-hydrogen) atoms. The number of benzene rings is 2. The SMILES string of the molecule is CC[NH+]1C/C(=C\c2ccccc2OC)c2nc3ccccc3c(C(=O)[O-])c2C1. The van der Waals surface area contributed by atoms with Crippen LogP contribution in [0, 0.1) is 0 Å². The predicted molar refractivity (Wildman–Crippen MR) is 107 cm³/mol. The average Bonchev–Trinajstić information content (AvgIpc) is 2.72. The number of likely N-dealkylation sites (N-methyl/N-ethyl adjacent to an activating group) is 1. The molecule has 3 aromatic rings. The van der Waals surface area contributed by atoms with E-state index in [0.717, 1.165) is 41.2 Å². The van der Waals surface area contributed by atoms with Gasteiger partial charge in [0.25, 0.3) is 0 Å². The molecule has 1 unspecified atom stereocenters. The third kappa shape index (κ3) is 3.14. The number of carboxylic acid groups (broad SMARTS) is 1. The van der Waals surface area contributed by atoms with E-state index in [-0.39, 0.29) is 5.56 Å². The molecule has 1 N–H and O–H groups in total. The van der Waals surface area contributed by atoms with E-state index in [1.54, 1.807) is 13.2 Å². The first-order valence-corrected chi connectivity index (χ1v) is 9.42. The third-order valence-electron chi connectivity index (χ3n) is 5.34. The van der Waals surface area contributed by atoms with Crippen molar-refractivity contribution in [3.05, 3.63) is 70.9 Å². The predicted octanol–water partition coefficient (Wildman–Crippen LogP) is 1.57. The van der Waals surface area contributed by atoms with Crippen molar-refractivity contribution in [3.8, 4) is 5.75 Å². The number of para-hydroxylation sites is 2. The van der Waals surface area contributed by atoms with Crippen LogP contribution in [0.5, 0.6) is 5.75 Å². The van der Waals surface area contributed by atoms with Gasteiger partial charge in [0.1, 0.15) is 18.8 Å². The van der Waals surface area contributed by atoms with Crippen molar-refractivity contribution in [2.45, 2.75) is 13.5 Å². The van der Waals surface area contributed by atoms with Crippen LogP contribution in [-0.4, -0.2) is 31.2 Å². The molecule has 4 rings (SSSR count). The van der Waals surface area contributed by atoms with Crippen molar-refractivity contribution in [1.29, 1.82) is 0 Å². The monoisotopic (exact) mass is 374 g/mol. The van der Waals surface area contributed by atoms with Gasteiger partial charge in [-0.25, -0.2) is 4.98 Å². The van der Waals surface area contributed by atoms with E-state index in [4.69, 9.17) is 9.72 Å². The lowest BCUT2D eigenvalue weighted by Crippen LogP contribution is -3.11. The van der Waals surface area contributed by atoms with E-state index in [9.17, 15) is 9.90 Å². The quantitative estimate of drug-likeness (QED) is 0.753. The Morgan fingerprint density at radius 3 is 2.68 bits per heavy atom. The number of carboxylic acids is 1. The number of aromatic nitrogens is 1. The number of carbonyl (C=O) groups excluding carboxylic acids is 1. The van der Waals surface area contributed by atoms with Gasteiger partial charge in [-0.05, 0) is 25.1 Å². The van der Waals surface area contributed by atoms with Crippen LogP contribution < -0.4 is 14.7 Å².